The van der Waals surface area contributed by atoms with E-state index in [1.807, 2.05) is 4.90 Å². The van der Waals surface area contributed by atoms with Crippen molar-refractivity contribution in [2.24, 2.45) is 5.92 Å². The molecule has 0 aliphatic carbocycles. The first-order valence-corrected chi connectivity index (χ1v) is 7.68. The molecule has 1 N–H and O–H groups in total. The second-order valence-electron chi connectivity index (χ2n) is 6.64. The summed E-state index contributed by atoms with van der Waals surface area (Å²) >= 11 is 0. The highest BCUT2D eigenvalue weighted by Gasteiger charge is 2.46. The number of carboxylic acids is 1. The lowest BCUT2D eigenvalue weighted by molar-refractivity contribution is -0.151. The van der Waals surface area contributed by atoms with Crippen LogP contribution >= 0.6 is 0 Å². The lowest BCUT2D eigenvalue weighted by atomic mass is 9.88. The second-order valence-corrected chi connectivity index (χ2v) is 6.64. The Kier molecular flexibility index (Phi) is 4.25. The molecule has 20 heavy (non-hydrogen) atoms. The van der Waals surface area contributed by atoms with E-state index in [1.165, 1.54) is 0 Å². The van der Waals surface area contributed by atoms with Crippen molar-refractivity contribution >= 4 is 12.0 Å². The monoisotopic (exact) mass is 282 g/mol. The second kappa shape index (κ2) is 5.62. The van der Waals surface area contributed by atoms with Crippen molar-refractivity contribution < 1.29 is 14.7 Å². The summed E-state index contributed by atoms with van der Waals surface area (Å²) in [6, 6.07) is 0.111. The highest BCUT2D eigenvalue weighted by atomic mass is 16.4. The Bertz CT molecular complexity index is 399. The third kappa shape index (κ3) is 2.63. The maximum atomic E-state index is 12.8. The molecule has 0 spiro atoms. The number of piperidine rings is 2. The molecular formula is C15H26N2O3. The number of aliphatic carboxylic acids is 1. The zero-order valence-electron chi connectivity index (χ0n) is 12.8. The molecule has 2 aliphatic heterocycles. The number of carbonyl (C=O) groups is 2. The zero-order valence-corrected chi connectivity index (χ0v) is 12.8. The van der Waals surface area contributed by atoms with Crippen LogP contribution in [0.3, 0.4) is 0 Å². The summed E-state index contributed by atoms with van der Waals surface area (Å²) < 4.78 is 0. The molecule has 2 rings (SSSR count). The van der Waals surface area contributed by atoms with Gasteiger partial charge in [-0.15, -0.1) is 0 Å². The third-order valence-corrected chi connectivity index (χ3v) is 4.97. The van der Waals surface area contributed by atoms with Gasteiger partial charge in [-0.25, -0.2) is 9.59 Å². The van der Waals surface area contributed by atoms with Crippen molar-refractivity contribution in [2.45, 2.75) is 64.5 Å². The van der Waals surface area contributed by atoms with Crippen LogP contribution in [0.25, 0.3) is 0 Å². The van der Waals surface area contributed by atoms with Gasteiger partial charge in [-0.1, -0.05) is 6.92 Å². The molecule has 0 aromatic rings. The summed E-state index contributed by atoms with van der Waals surface area (Å²) in [6.07, 6.45) is 4.33. The van der Waals surface area contributed by atoms with E-state index in [-0.39, 0.29) is 12.1 Å². The molecule has 2 saturated heterocycles. The SMILES string of the molecule is CC1CCN(C(=O)N2CCCCC2(C)C(=O)O)C(C)C1. The summed E-state index contributed by atoms with van der Waals surface area (Å²) in [4.78, 5) is 27.8. The van der Waals surface area contributed by atoms with Gasteiger partial charge < -0.3 is 14.9 Å². The Morgan fingerprint density at radius 1 is 1.20 bits per heavy atom. The number of carbonyl (C=O) groups excluding carboxylic acids is 1. The van der Waals surface area contributed by atoms with Crippen LogP contribution < -0.4 is 0 Å². The summed E-state index contributed by atoms with van der Waals surface area (Å²) in [5.74, 6) is -0.246. The van der Waals surface area contributed by atoms with Gasteiger partial charge in [0.05, 0.1) is 0 Å². The first-order valence-electron chi connectivity index (χ1n) is 7.68. The molecule has 0 saturated carbocycles. The van der Waals surface area contributed by atoms with Crippen LogP contribution in [-0.4, -0.2) is 51.6 Å². The molecular weight excluding hydrogens is 256 g/mol. The minimum absolute atomic E-state index is 0.0889. The van der Waals surface area contributed by atoms with Crippen LogP contribution in [-0.2, 0) is 4.79 Å². The predicted octanol–water partition coefficient (Wildman–Crippen LogP) is 2.56. The minimum Gasteiger partial charge on any atom is -0.480 e. The van der Waals surface area contributed by atoms with E-state index < -0.39 is 11.5 Å². The lowest BCUT2D eigenvalue weighted by Crippen LogP contribution is -2.62. The lowest BCUT2D eigenvalue weighted by Gasteiger charge is -2.46. The largest absolute Gasteiger partial charge is 0.480 e. The molecule has 0 aromatic carbocycles. The van der Waals surface area contributed by atoms with Crippen molar-refractivity contribution in [3.8, 4) is 0 Å². The smallest absolute Gasteiger partial charge is 0.329 e. The molecule has 0 bridgehead atoms. The molecule has 2 amide bonds. The molecule has 3 atom stereocenters. The summed E-state index contributed by atoms with van der Waals surface area (Å²) in [5, 5.41) is 9.51. The highest BCUT2D eigenvalue weighted by Crippen LogP contribution is 2.31. The topological polar surface area (TPSA) is 60.9 Å². The number of urea groups is 1. The summed E-state index contributed by atoms with van der Waals surface area (Å²) in [7, 11) is 0. The number of amides is 2. The van der Waals surface area contributed by atoms with E-state index in [2.05, 4.69) is 13.8 Å². The van der Waals surface area contributed by atoms with Crippen molar-refractivity contribution in [3.05, 3.63) is 0 Å². The molecule has 2 heterocycles. The molecule has 0 aromatic heterocycles. The maximum Gasteiger partial charge on any atom is 0.329 e. The van der Waals surface area contributed by atoms with Crippen LogP contribution in [0.4, 0.5) is 4.79 Å². The molecule has 5 heteroatoms. The summed E-state index contributed by atoms with van der Waals surface area (Å²) in [6.45, 7) is 7.26. The Morgan fingerprint density at radius 2 is 1.90 bits per heavy atom. The van der Waals surface area contributed by atoms with E-state index in [9.17, 15) is 14.7 Å². The molecule has 2 fully saturated rings. The normalized spacial score (nSPS) is 35.0. The number of rotatable bonds is 1. The fourth-order valence-corrected chi connectivity index (χ4v) is 3.50. The van der Waals surface area contributed by atoms with Gasteiger partial charge in [0.15, 0.2) is 0 Å². The number of likely N-dealkylation sites (tertiary alicyclic amines) is 2. The Labute approximate surface area is 120 Å². The van der Waals surface area contributed by atoms with Crippen molar-refractivity contribution in [1.29, 1.82) is 0 Å². The van der Waals surface area contributed by atoms with Gasteiger partial charge >= 0.3 is 12.0 Å². The van der Waals surface area contributed by atoms with Gasteiger partial charge in [0, 0.05) is 19.1 Å². The van der Waals surface area contributed by atoms with Crippen LogP contribution in [0.1, 0.15) is 52.9 Å². The van der Waals surface area contributed by atoms with Crippen LogP contribution in [0.15, 0.2) is 0 Å². The molecule has 114 valence electrons. The van der Waals surface area contributed by atoms with E-state index in [1.54, 1.807) is 11.8 Å². The van der Waals surface area contributed by atoms with Crippen molar-refractivity contribution in [3.63, 3.8) is 0 Å². The van der Waals surface area contributed by atoms with Gasteiger partial charge in [-0.2, -0.15) is 0 Å². The van der Waals surface area contributed by atoms with Crippen molar-refractivity contribution in [1.82, 2.24) is 9.80 Å². The van der Waals surface area contributed by atoms with Gasteiger partial charge in [0.2, 0.25) is 0 Å². The van der Waals surface area contributed by atoms with E-state index in [4.69, 9.17) is 0 Å². The fourth-order valence-electron chi connectivity index (χ4n) is 3.50. The Balaban J connectivity index is 2.16. The number of nitrogens with zero attached hydrogens (tertiary/aromatic N) is 2. The molecule has 0 radical (unpaired) electrons. The molecule has 2 aliphatic rings. The highest BCUT2D eigenvalue weighted by molar-refractivity contribution is 5.86. The van der Waals surface area contributed by atoms with Crippen molar-refractivity contribution in [2.75, 3.05) is 13.1 Å². The van der Waals surface area contributed by atoms with E-state index >= 15 is 0 Å². The minimum atomic E-state index is -1.04. The maximum absolute atomic E-state index is 12.8. The van der Waals surface area contributed by atoms with Gasteiger partial charge in [-0.05, 0) is 51.9 Å². The Morgan fingerprint density at radius 3 is 2.50 bits per heavy atom. The summed E-state index contributed by atoms with van der Waals surface area (Å²) in [5.41, 5.74) is -1.04. The number of hydrogen-bond donors (Lipinski definition) is 1. The first-order chi connectivity index (χ1) is 9.36. The van der Waals surface area contributed by atoms with Gasteiger partial charge in [0.25, 0.3) is 0 Å². The van der Waals surface area contributed by atoms with Gasteiger partial charge in [-0.3, -0.25) is 0 Å². The number of carboxylic acid groups (broad SMARTS) is 1. The standard InChI is InChI=1S/C15H26N2O3/c1-11-6-9-16(12(2)10-11)14(20)17-8-5-4-7-15(17,3)13(18)19/h11-12H,4-10H2,1-3H3,(H,18,19). The average Bonchev–Trinajstić information content (AvgIpc) is 2.38. The Hall–Kier alpha value is -1.26. The van der Waals surface area contributed by atoms with Crippen LogP contribution in [0, 0.1) is 5.92 Å². The molecule has 5 nitrogen and oxygen atoms in total. The fraction of sp³-hybridized carbons (Fsp3) is 0.867. The van der Waals surface area contributed by atoms with Gasteiger partial charge in [0.1, 0.15) is 5.54 Å². The van der Waals surface area contributed by atoms with Crippen LogP contribution in [0.5, 0.6) is 0 Å². The number of hydrogen-bond acceptors (Lipinski definition) is 2. The third-order valence-electron chi connectivity index (χ3n) is 4.97. The quantitative estimate of drug-likeness (QED) is 0.804. The molecule has 3 unspecified atom stereocenters. The average molecular weight is 282 g/mol. The van der Waals surface area contributed by atoms with E-state index in [0.29, 0.717) is 18.9 Å². The zero-order chi connectivity index (χ0) is 14.9. The first kappa shape index (κ1) is 15.1. The predicted molar refractivity (Wildman–Crippen MR) is 76.6 cm³/mol. The van der Waals surface area contributed by atoms with Crippen LogP contribution in [0.2, 0.25) is 0 Å². The van der Waals surface area contributed by atoms with E-state index in [0.717, 1.165) is 32.2 Å².